The molecule has 2 fully saturated rings. The zero-order valence-electron chi connectivity index (χ0n) is 21.0. The van der Waals surface area contributed by atoms with E-state index >= 15 is 0 Å². The summed E-state index contributed by atoms with van der Waals surface area (Å²) < 4.78 is 5.68. The topological polar surface area (TPSA) is 78.7 Å². The number of hydrogen-bond donors (Lipinski definition) is 1. The molecule has 1 N–H and O–H groups in total. The fraction of sp³-hybridized carbons (Fsp3) is 0.593. The van der Waals surface area contributed by atoms with Crippen molar-refractivity contribution in [1.29, 1.82) is 0 Å². The van der Waals surface area contributed by atoms with Crippen LogP contribution < -0.4 is 5.32 Å². The third-order valence-electron chi connectivity index (χ3n) is 7.35. The van der Waals surface area contributed by atoms with Crippen molar-refractivity contribution in [2.75, 3.05) is 39.3 Å². The molecule has 1 aromatic heterocycles. The van der Waals surface area contributed by atoms with Crippen molar-refractivity contribution in [2.24, 2.45) is 11.8 Å². The zero-order chi connectivity index (χ0) is 24.3. The quantitative estimate of drug-likeness (QED) is 0.730. The van der Waals surface area contributed by atoms with Gasteiger partial charge in [-0.3, -0.25) is 9.59 Å². The Bertz CT molecular complexity index is 984. The number of amides is 2. The summed E-state index contributed by atoms with van der Waals surface area (Å²) in [5.74, 6) is 1.75. The number of piperidine rings is 1. The maximum atomic E-state index is 13.0. The number of nitrogens with zero attached hydrogens (tertiary/aromatic N) is 3. The normalized spacial score (nSPS) is 21.5. The third-order valence-corrected chi connectivity index (χ3v) is 7.35. The number of carbonyl (C=O) groups is 2. The van der Waals surface area contributed by atoms with Crippen LogP contribution in [0.4, 0.5) is 0 Å². The van der Waals surface area contributed by atoms with E-state index in [1.54, 1.807) is 6.92 Å². The SMILES string of the molecule is CC(=O)N1CCN(C(=O)C[C@H]2CCNC[C@@H]2Cc2cc(-c3ccc(C(C)(C)C)cc3)on2)CC1. The number of hydrogen-bond acceptors (Lipinski definition) is 5. The van der Waals surface area contributed by atoms with Crippen molar-refractivity contribution in [2.45, 2.75) is 52.4 Å². The van der Waals surface area contributed by atoms with E-state index in [-0.39, 0.29) is 17.2 Å². The van der Waals surface area contributed by atoms with Crippen LogP contribution in [0.3, 0.4) is 0 Å². The molecule has 34 heavy (non-hydrogen) atoms. The number of piperazine rings is 1. The lowest BCUT2D eigenvalue weighted by Gasteiger charge is -2.37. The lowest BCUT2D eigenvalue weighted by molar-refractivity contribution is -0.139. The molecule has 2 amide bonds. The van der Waals surface area contributed by atoms with Crippen LogP contribution in [-0.4, -0.2) is 66.0 Å². The van der Waals surface area contributed by atoms with E-state index < -0.39 is 0 Å². The molecule has 2 atom stereocenters. The van der Waals surface area contributed by atoms with E-state index in [4.69, 9.17) is 4.52 Å². The molecule has 0 saturated carbocycles. The van der Waals surface area contributed by atoms with Gasteiger partial charge < -0.3 is 19.6 Å². The van der Waals surface area contributed by atoms with Gasteiger partial charge in [0.1, 0.15) is 0 Å². The van der Waals surface area contributed by atoms with E-state index in [0.29, 0.717) is 44.4 Å². The molecule has 3 heterocycles. The first kappa shape index (κ1) is 24.5. The fourth-order valence-electron chi connectivity index (χ4n) is 5.06. The summed E-state index contributed by atoms with van der Waals surface area (Å²) in [5.41, 5.74) is 3.38. The van der Waals surface area contributed by atoms with Gasteiger partial charge in [-0.2, -0.15) is 0 Å². The number of carbonyl (C=O) groups excluding carboxylic acids is 2. The maximum Gasteiger partial charge on any atom is 0.222 e. The van der Waals surface area contributed by atoms with Gasteiger partial charge in [0.15, 0.2) is 5.76 Å². The first-order valence-electron chi connectivity index (χ1n) is 12.5. The maximum absolute atomic E-state index is 13.0. The van der Waals surface area contributed by atoms with Crippen molar-refractivity contribution in [3.8, 4) is 11.3 Å². The van der Waals surface area contributed by atoms with Crippen molar-refractivity contribution >= 4 is 11.8 Å². The minimum atomic E-state index is 0.0858. The van der Waals surface area contributed by atoms with Gasteiger partial charge in [0, 0.05) is 51.2 Å². The minimum Gasteiger partial charge on any atom is -0.356 e. The predicted octanol–water partition coefficient (Wildman–Crippen LogP) is 3.49. The van der Waals surface area contributed by atoms with Crippen LogP contribution in [0, 0.1) is 11.8 Å². The number of benzene rings is 1. The Labute approximate surface area is 202 Å². The Hall–Kier alpha value is -2.67. The standard InChI is InChI=1S/C27H38N4O3/c1-19(32)30-11-13-31(14-12-30)26(33)16-21-9-10-28-18-22(21)15-24-17-25(34-29-24)20-5-7-23(8-6-20)27(2,3)4/h5-8,17,21-22,28H,9-16,18H2,1-4H3/t21-,22+/m1/s1. The molecular formula is C27H38N4O3. The van der Waals surface area contributed by atoms with Gasteiger partial charge in [0.2, 0.25) is 11.8 Å². The summed E-state index contributed by atoms with van der Waals surface area (Å²) in [7, 11) is 0. The van der Waals surface area contributed by atoms with Crippen molar-refractivity contribution in [3.05, 3.63) is 41.6 Å². The van der Waals surface area contributed by atoms with Crippen LogP contribution in [0.15, 0.2) is 34.9 Å². The molecule has 0 unspecified atom stereocenters. The molecule has 1 aromatic carbocycles. The average molecular weight is 467 g/mol. The predicted molar refractivity (Wildman–Crippen MR) is 132 cm³/mol. The second-order valence-electron chi connectivity index (χ2n) is 10.8. The van der Waals surface area contributed by atoms with Crippen molar-refractivity contribution in [1.82, 2.24) is 20.3 Å². The van der Waals surface area contributed by atoms with E-state index in [1.807, 2.05) is 15.9 Å². The smallest absolute Gasteiger partial charge is 0.222 e. The Morgan fingerprint density at radius 1 is 1.06 bits per heavy atom. The highest BCUT2D eigenvalue weighted by atomic mass is 16.5. The molecule has 0 spiro atoms. The fourth-order valence-corrected chi connectivity index (χ4v) is 5.06. The lowest BCUT2D eigenvalue weighted by Crippen LogP contribution is -2.51. The van der Waals surface area contributed by atoms with Crippen LogP contribution in [0.25, 0.3) is 11.3 Å². The van der Waals surface area contributed by atoms with Gasteiger partial charge in [-0.1, -0.05) is 50.2 Å². The summed E-state index contributed by atoms with van der Waals surface area (Å²) in [6.45, 7) is 12.6. The molecular weight excluding hydrogens is 428 g/mol. The van der Waals surface area contributed by atoms with Crippen LogP contribution in [0.2, 0.25) is 0 Å². The Morgan fingerprint density at radius 2 is 1.74 bits per heavy atom. The lowest BCUT2D eigenvalue weighted by atomic mass is 9.81. The average Bonchev–Trinajstić information content (AvgIpc) is 3.28. The van der Waals surface area contributed by atoms with E-state index in [2.05, 4.69) is 55.5 Å². The van der Waals surface area contributed by atoms with Crippen LogP contribution >= 0.6 is 0 Å². The monoisotopic (exact) mass is 466 g/mol. The van der Waals surface area contributed by atoms with Gasteiger partial charge in [-0.15, -0.1) is 0 Å². The number of aromatic nitrogens is 1. The van der Waals surface area contributed by atoms with Gasteiger partial charge in [-0.25, -0.2) is 0 Å². The van der Waals surface area contributed by atoms with Gasteiger partial charge in [0.25, 0.3) is 0 Å². The zero-order valence-corrected chi connectivity index (χ0v) is 21.0. The molecule has 184 valence electrons. The second kappa shape index (κ2) is 10.3. The molecule has 2 aliphatic heterocycles. The summed E-state index contributed by atoms with van der Waals surface area (Å²) in [4.78, 5) is 28.3. The molecule has 0 radical (unpaired) electrons. The molecule has 7 heteroatoms. The van der Waals surface area contributed by atoms with Gasteiger partial charge in [0.05, 0.1) is 5.69 Å². The molecule has 0 aliphatic carbocycles. The van der Waals surface area contributed by atoms with Crippen LogP contribution in [0.1, 0.15) is 51.8 Å². The second-order valence-corrected chi connectivity index (χ2v) is 10.8. The molecule has 2 aliphatic rings. The van der Waals surface area contributed by atoms with Crippen LogP contribution in [0.5, 0.6) is 0 Å². The summed E-state index contributed by atoms with van der Waals surface area (Å²) in [5, 5.41) is 7.84. The van der Waals surface area contributed by atoms with E-state index in [9.17, 15) is 9.59 Å². The summed E-state index contributed by atoms with van der Waals surface area (Å²) in [6, 6.07) is 10.5. The summed E-state index contributed by atoms with van der Waals surface area (Å²) >= 11 is 0. The first-order chi connectivity index (χ1) is 16.2. The highest BCUT2D eigenvalue weighted by molar-refractivity contribution is 5.77. The highest BCUT2D eigenvalue weighted by Gasteiger charge is 2.31. The molecule has 2 saturated heterocycles. The number of nitrogens with one attached hydrogen (secondary N) is 1. The number of rotatable bonds is 5. The molecule has 0 bridgehead atoms. The molecule has 2 aromatic rings. The largest absolute Gasteiger partial charge is 0.356 e. The Kier molecular flexibility index (Phi) is 7.41. The van der Waals surface area contributed by atoms with Gasteiger partial charge in [-0.05, 0) is 48.7 Å². The van der Waals surface area contributed by atoms with Crippen molar-refractivity contribution in [3.63, 3.8) is 0 Å². The van der Waals surface area contributed by atoms with Gasteiger partial charge >= 0.3 is 0 Å². The summed E-state index contributed by atoms with van der Waals surface area (Å²) in [6.07, 6.45) is 2.35. The Morgan fingerprint density at radius 3 is 2.38 bits per heavy atom. The highest BCUT2D eigenvalue weighted by Crippen LogP contribution is 2.30. The Balaban J connectivity index is 1.36. The minimum absolute atomic E-state index is 0.0858. The van der Waals surface area contributed by atoms with E-state index in [1.165, 1.54) is 5.56 Å². The molecule has 7 nitrogen and oxygen atoms in total. The van der Waals surface area contributed by atoms with E-state index in [0.717, 1.165) is 42.9 Å². The third kappa shape index (κ3) is 5.87. The van der Waals surface area contributed by atoms with Crippen LogP contribution in [-0.2, 0) is 21.4 Å². The van der Waals surface area contributed by atoms with Crippen molar-refractivity contribution < 1.29 is 14.1 Å². The molecule has 4 rings (SSSR count). The first-order valence-corrected chi connectivity index (χ1v) is 12.5.